The largest absolute Gasteiger partial charge is 0.497 e. The predicted molar refractivity (Wildman–Crippen MR) is 141 cm³/mol. The SMILES string of the molecule is CCCCNC(=NCc1nnc(C)n1C)NCC(c1ccc(OC)cc1)N1CCOCC1.I. The van der Waals surface area contributed by atoms with Crippen LogP contribution >= 0.6 is 24.0 Å². The molecule has 2 heterocycles. The Labute approximate surface area is 214 Å². The third-order valence-electron chi connectivity index (χ3n) is 5.83. The lowest BCUT2D eigenvalue weighted by Gasteiger charge is -2.35. The van der Waals surface area contributed by atoms with Gasteiger partial charge in [-0.2, -0.15) is 0 Å². The molecule has 0 amide bonds. The van der Waals surface area contributed by atoms with Gasteiger partial charge in [0.1, 0.15) is 18.1 Å². The van der Waals surface area contributed by atoms with Gasteiger partial charge < -0.3 is 24.7 Å². The van der Waals surface area contributed by atoms with E-state index in [1.807, 2.05) is 30.7 Å². The van der Waals surface area contributed by atoms with E-state index in [1.54, 1.807) is 7.11 Å². The number of morpholine rings is 1. The molecule has 0 spiro atoms. The Bertz CT molecular complexity index is 851. The third kappa shape index (κ3) is 8.11. The number of unbranched alkanes of at least 4 members (excludes halogenated alkanes) is 1. The first kappa shape index (κ1) is 27.3. The minimum absolute atomic E-state index is 0. The smallest absolute Gasteiger partial charge is 0.191 e. The van der Waals surface area contributed by atoms with E-state index in [2.05, 4.69) is 44.8 Å². The molecular formula is C23H38IN7O2. The molecule has 2 N–H and O–H groups in total. The van der Waals surface area contributed by atoms with Gasteiger partial charge in [-0.25, -0.2) is 4.99 Å². The summed E-state index contributed by atoms with van der Waals surface area (Å²) in [4.78, 5) is 7.25. The van der Waals surface area contributed by atoms with E-state index in [4.69, 9.17) is 14.5 Å². The van der Waals surface area contributed by atoms with E-state index in [0.29, 0.717) is 6.54 Å². The first-order valence-electron chi connectivity index (χ1n) is 11.4. The maximum atomic E-state index is 5.58. The summed E-state index contributed by atoms with van der Waals surface area (Å²) in [5.74, 6) is 3.39. The van der Waals surface area contributed by atoms with Gasteiger partial charge in [0.15, 0.2) is 11.8 Å². The Hall–Kier alpha value is -1.92. The molecular weight excluding hydrogens is 533 g/mol. The van der Waals surface area contributed by atoms with Crippen molar-refractivity contribution < 1.29 is 9.47 Å². The zero-order valence-corrected chi connectivity index (χ0v) is 22.5. The van der Waals surface area contributed by atoms with Crippen LogP contribution in [0.5, 0.6) is 5.75 Å². The number of aliphatic imine (C=N–C) groups is 1. The van der Waals surface area contributed by atoms with Crippen molar-refractivity contribution >= 4 is 29.9 Å². The molecule has 1 atom stereocenters. The van der Waals surface area contributed by atoms with Gasteiger partial charge >= 0.3 is 0 Å². The summed E-state index contributed by atoms with van der Waals surface area (Å²) in [5, 5.41) is 15.4. The van der Waals surface area contributed by atoms with Gasteiger partial charge in [0, 0.05) is 33.2 Å². The van der Waals surface area contributed by atoms with Crippen LogP contribution in [-0.4, -0.2) is 72.1 Å². The van der Waals surface area contributed by atoms with E-state index >= 15 is 0 Å². The van der Waals surface area contributed by atoms with Crippen molar-refractivity contribution in [1.82, 2.24) is 30.3 Å². The normalized spacial score (nSPS) is 15.6. The number of methoxy groups -OCH3 is 1. The molecule has 1 saturated heterocycles. The van der Waals surface area contributed by atoms with Crippen LogP contribution in [-0.2, 0) is 18.3 Å². The van der Waals surface area contributed by atoms with Crippen molar-refractivity contribution in [3.05, 3.63) is 41.5 Å². The molecule has 0 bridgehead atoms. The lowest BCUT2D eigenvalue weighted by Crippen LogP contribution is -2.46. The molecule has 1 unspecified atom stereocenters. The molecule has 1 aromatic carbocycles. The highest BCUT2D eigenvalue weighted by Gasteiger charge is 2.23. The summed E-state index contributed by atoms with van der Waals surface area (Å²) in [6.45, 7) is 9.56. The molecule has 9 nitrogen and oxygen atoms in total. The van der Waals surface area contributed by atoms with Gasteiger partial charge in [-0.05, 0) is 31.0 Å². The Kier molecular flexibility index (Phi) is 11.9. The van der Waals surface area contributed by atoms with Crippen LogP contribution in [0.1, 0.15) is 43.0 Å². The number of hydrogen-bond donors (Lipinski definition) is 2. The standard InChI is InChI=1S/C23H37N7O2.HI/c1-5-6-11-24-23(26-17-22-28-27-18(2)29(22)3)25-16-21(30-12-14-32-15-13-30)19-7-9-20(31-4)10-8-19;/h7-10,21H,5-6,11-17H2,1-4H3,(H2,24,25,26);1H. The van der Waals surface area contributed by atoms with Gasteiger partial charge in [0.25, 0.3) is 0 Å². The second kappa shape index (κ2) is 14.4. The third-order valence-corrected chi connectivity index (χ3v) is 5.83. The van der Waals surface area contributed by atoms with Crippen LogP contribution in [0.25, 0.3) is 0 Å². The van der Waals surface area contributed by atoms with Crippen LogP contribution in [0, 0.1) is 6.92 Å². The number of hydrogen-bond acceptors (Lipinski definition) is 6. The molecule has 1 aliphatic rings. The number of rotatable bonds is 10. The average Bonchev–Trinajstić information content (AvgIpc) is 3.15. The fourth-order valence-electron chi connectivity index (χ4n) is 3.66. The van der Waals surface area contributed by atoms with E-state index in [1.165, 1.54) is 5.56 Å². The fourth-order valence-corrected chi connectivity index (χ4v) is 3.66. The molecule has 33 heavy (non-hydrogen) atoms. The molecule has 10 heteroatoms. The summed E-state index contributed by atoms with van der Waals surface area (Å²) in [7, 11) is 3.66. The summed E-state index contributed by atoms with van der Waals surface area (Å²) >= 11 is 0. The first-order valence-corrected chi connectivity index (χ1v) is 11.4. The topological polar surface area (TPSA) is 88.8 Å². The highest BCUT2D eigenvalue weighted by Crippen LogP contribution is 2.23. The molecule has 0 aliphatic carbocycles. The lowest BCUT2D eigenvalue weighted by atomic mass is 10.0. The number of nitrogens with one attached hydrogen (secondary N) is 2. The number of benzene rings is 1. The molecule has 1 aromatic heterocycles. The Morgan fingerprint density at radius 2 is 1.91 bits per heavy atom. The van der Waals surface area contributed by atoms with Gasteiger partial charge in [-0.3, -0.25) is 4.90 Å². The molecule has 184 valence electrons. The van der Waals surface area contributed by atoms with E-state index in [-0.39, 0.29) is 30.0 Å². The first-order chi connectivity index (χ1) is 15.6. The number of aromatic nitrogens is 3. The predicted octanol–water partition coefficient (Wildman–Crippen LogP) is 2.66. The lowest BCUT2D eigenvalue weighted by molar-refractivity contribution is 0.0170. The number of halogens is 1. The highest BCUT2D eigenvalue weighted by atomic mass is 127. The van der Waals surface area contributed by atoms with Gasteiger partial charge in [0.05, 0.1) is 26.4 Å². The molecule has 3 rings (SSSR count). The highest BCUT2D eigenvalue weighted by molar-refractivity contribution is 14.0. The summed E-state index contributed by atoms with van der Waals surface area (Å²) in [5.41, 5.74) is 1.25. The Morgan fingerprint density at radius 1 is 1.18 bits per heavy atom. The number of guanidine groups is 1. The average molecular weight is 572 g/mol. The Balaban J connectivity index is 0.00000385. The summed E-state index contributed by atoms with van der Waals surface area (Å²) in [6, 6.07) is 8.54. The second-order valence-corrected chi connectivity index (χ2v) is 7.99. The van der Waals surface area contributed by atoms with Crippen LogP contribution < -0.4 is 15.4 Å². The molecule has 0 radical (unpaired) electrons. The summed E-state index contributed by atoms with van der Waals surface area (Å²) in [6.07, 6.45) is 2.22. The van der Waals surface area contributed by atoms with Crippen LogP contribution in [0.15, 0.2) is 29.3 Å². The zero-order valence-electron chi connectivity index (χ0n) is 20.2. The molecule has 1 fully saturated rings. The maximum Gasteiger partial charge on any atom is 0.191 e. The van der Waals surface area contributed by atoms with Crippen molar-refractivity contribution in [3.8, 4) is 5.75 Å². The number of nitrogens with zero attached hydrogens (tertiary/aromatic N) is 5. The molecule has 1 aliphatic heterocycles. The van der Waals surface area contributed by atoms with E-state index < -0.39 is 0 Å². The number of ether oxygens (including phenoxy) is 2. The van der Waals surface area contributed by atoms with Gasteiger partial charge in [0.2, 0.25) is 0 Å². The minimum atomic E-state index is 0. The van der Waals surface area contributed by atoms with Crippen LogP contribution in [0.3, 0.4) is 0 Å². The van der Waals surface area contributed by atoms with Crippen LogP contribution in [0.4, 0.5) is 0 Å². The van der Waals surface area contributed by atoms with Crippen molar-refractivity contribution in [2.45, 2.75) is 39.3 Å². The summed E-state index contributed by atoms with van der Waals surface area (Å²) < 4.78 is 12.9. The van der Waals surface area contributed by atoms with Crippen molar-refractivity contribution in [1.29, 1.82) is 0 Å². The van der Waals surface area contributed by atoms with Gasteiger partial charge in [-0.15, -0.1) is 34.2 Å². The number of aryl methyl sites for hydroxylation is 1. The minimum Gasteiger partial charge on any atom is -0.497 e. The maximum absolute atomic E-state index is 5.58. The molecule has 0 saturated carbocycles. The monoisotopic (exact) mass is 571 g/mol. The van der Waals surface area contributed by atoms with Crippen molar-refractivity contribution in [2.75, 3.05) is 46.5 Å². The van der Waals surface area contributed by atoms with E-state index in [9.17, 15) is 0 Å². The zero-order chi connectivity index (χ0) is 22.8. The fraction of sp³-hybridized carbons (Fsp3) is 0.609. The van der Waals surface area contributed by atoms with Crippen molar-refractivity contribution in [3.63, 3.8) is 0 Å². The van der Waals surface area contributed by atoms with E-state index in [0.717, 1.165) is 75.6 Å². The van der Waals surface area contributed by atoms with Crippen molar-refractivity contribution in [2.24, 2.45) is 12.0 Å². The second-order valence-electron chi connectivity index (χ2n) is 7.99. The van der Waals surface area contributed by atoms with Gasteiger partial charge in [-0.1, -0.05) is 25.5 Å². The Morgan fingerprint density at radius 3 is 2.52 bits per heavy atom. The molecule has 2 aromatic rings. The quantitative estimate of drug-likeness (QED) is 0.196. The van der Waals surface area contributed by atoms with Crippen LogP contribution in [0.2, 0.25) is 0 Å².